The maximum atomic E-state index is 12.9. The number of fused-ring (bicyclic) bond motifs is 1. The molecule has 1 aliphatic carbocycles. The highest BCUT2D eigenvalue weighted by molar-refractivity contribution is 7.26. The molecule has 38 heavy (non-hydrogen) atoms. The molecular weight excluding hydrogens is 498 g/mol. The van der Waals surface area contributed by atoms with E-state index >= 15 is 0 Å². The molecule has 0 unspecified atom stereocenters. The number of ketones is 1. The summed E-state index contributed by atoms with van der Waals surface area (Å²) in [6, 6.07) is 23.2. The zero-order valence-corrected chi connectivity index (χ0v) is 21.6. The van der Waals surface area contributed by atoms with E-state index in [1.54, 1.807) is 29.3 Å². The first-order valence-electron chi connectivity index (χ1n) is 12.4. The number of nitrogens with zero attached hydrogens (tertiary/aromatic N) is 2. The van der Waals surface area contributed by atoms with Crippen LogP contribution in [0, 0.1) is 0 Å². The van der Waals surface area contributed by atoms with E-state index < -0.39 is 11.7 Å². The van der Waals surface area contributed by atoms with Crippen molar-refractivity contribution >= 4 is 49.9 Å². The van der Waals surface area contributed by atoms with Crippen molar-refractivity contribution in [1.29, 1.82) is 0 Å². The standard InChI is InChI=1S/C22H21N3O4.C8H4S/c1-29-18-9-5-8-17-19(18)16(14-23-17)20(26)22(28)25-12-10-24(11-13-25)21(27)15-6-3-2-4-7-15;1-2-5-4-7-6(3-1)8(5)9-7/h2-9,14,23H,10-13H2,1H3;1-4H. The number of ether oxygens (including phenoxy) is 1. The molecule has 0 saturated carbocycles. The number of amides is 2. The lowest BCUT2D eigenvalue weighted by molar-refractivity contribution is -0.127. The third-order valence-electron chi connectivity index (χ3n) is 7.01. The summed E-state index contributed by atoms with van der Waals surface area (Å²) < 4.78 is 6.84. The summed E-state index contributed by atoms with van der Waals surface area (Å²) in [6.07, 6.45) is 1.54. The Morgan fingerprint density at radius 1 is 0.868 bits per heavy atom. The minimum absolute atomic E-state index is 0.0645. The Balaban J connectivity index is 0.000000242. The van der Waals surface area contributed by atoms with Gasteiger partial charge >= 0.3 is 0 Å². The van der Waals surface area contributed by atoms with Crippen molar-refractivity contribution in [3.63, 3.8) is 0 Å². The summed E-state index contributed by atoms with van der Waals surface area (Å²) in [5.41, 5.74) is 3.12. The molecule has 5 aromatic rings. The summed E-state index contributed by atoms with van der Waals surface area (Å²) in [5.74, 6) is -0.671. The minimum Gasteiger partial charge on any atom is -0.496 e. The first-order valence-corrected chi connectivity index (χ1v) is 13.2. The summed E-state index contributed by atoms with van der Waals surface area (Å²) in [4.78, 5) is 45.9. The van der Waals surface area contributed by atoms with Gasteiger partial charge in [-0.25, -0.2) is 0 Å². The lowest BCUT2D eigenvalue weighted by Crippen LogP contribution is -2.52. The van der Waals surface area contributed by atoms with E-state index in [1.807, 2.05) is 41.7 Å². The number of benzene rings is 3. The molecule has 1 N–H and O–H groups in total. The van der Waals surface area contributed by atoms with Gasteiger partial charge in [0.05, 0.1) is 18.1 Å². The highest BCUT2D eigenvalue weighted by Crippen LogP contribution is 2.47. The molecule has 0 atom stereocenters. The number of methoxy groups -OCH3 is 1. The van der Waals surface area contributed by atoms with Crippen molar-refractivity contribution in [2.24, 2.45) is 0 Å². The maximum Gasteiger partial charge on any atom is 0.295 e. The van der Waals surface area contributed by atoms with Crippen LogP contribution < -0.4 is 4.74 Å². The Labute approximate surface area is 223 Å². The first-order chi connectivity index (χ1) is 18.5. The molecule has 2 aliphatic heterocycles. The lowest BCUT2D eigenvalue weighted by atomic mass is 10.1. The number of hydrogen-bond acceptors (Lipinski definition) is 5. The molecular formula is C30H25N3O4S. The molecule has 190 valence electrons. The van der Waals surface area contributed by atoms with Crippen molar-refractivity contribution in [1.82, 2.24) is 14.8 Å². The normalized spacial score (nSPS) is 13.7. The summed E-state index contributed by atoms with van der Waals surface area (Å²) in [5, 5.41) is 2.03. The first kappa shape index (κ1) is 23.9. The van der Waals surface area contributed by atoms with E-state index in [0.717, 1.165) is 5.52 Å². The van der Waals surface area contributed by atoms with Crippen LogP contribution in [0.5, 0.6) is 5.75 Å². The van der Waals surface area contributed by atoms with Crippen LogP contribution in [0.25, 0.3) is 31.4 Å². The quantitative estimate of drug-likeness (QED) is 0.254. The number of carbonyl (C=O) groups excluding carboxylic acids is 3. The highest BCUT2D eigenvalue weighted by atomic mass is 32.1. The number of carbonyl (C=O) groups is 3. The molecule has 2 amide bonds. The number of H-pyrrole nitrogens is 1. The monoisotopic (exact) mass is 523 g/mol. The van der Waals surface area contributed by atoms with Crippen LogP contribution >= 0.6 is 11.3 Å². The zero-order valence-electron chi connectivity index (χ0n) is 20.8. The fraction of sp³-hybridized carbons (Fsp3) is 0.167. The Hall–Kier alpha value is -4.43. The smallest absolute Gasteiger partial charge is 0.295 e. The molecule has 8 rings (SSSR count). The summed E-state index contributed by atoms with van der Waals surface area (Å²) in [7, 11) is 1.53. The molecule has 1 saturated heterocycles. The van der Waals surface area contributed by atoms with E-state index in [2.05, 4.69) is 29.2 Å². The molecule has 0 spiro atoms. The van der Waals surface area contributed by atoms with Crippen LogP contribution in [0.4, 0.5) is 0 Å². The Bertz CT molecular complexity index is 1680. The Morgan fingerprint density at radius 3 is 2.32 bits per heavy atom. The molecule has 4 heterocycles. The van der Waals surface area contributed by atoms with Crippen molar-refractivity contribution in [2.45, 2.75) is 0 Å². The third-order valence-corrected chi connectivity index (χ3v) is 8.23. The van der Waals surface area contributed by atoms with Crippen LogP contribution in [0.3, 0.4) is 0 Å². The number of Topliss-reactive ketones (excluding diaryl/α,β-unsaturated/α-hetero) is 1. The molecule has 2 aromatic heterocycles. The second kappa shape index (κ2) is 9.79. The van der Waals surface area contributed by atoms with Gasteiger partial charge in [-0.05, 0) is 35.7 Å². The zero-order chi connectivity index (χ0) is 26.2. The molecule has 8 heteroatoms. The second-order valence-electron chi connectivity index (χ2n) is 9.20. The predicted molar refractivity (Wildman–Crippen MR) is 149 cm³/mol. The molecule has 1 fully saturated rings. The van der Waals surface area contributed by atoms with E-state index in [0.29, 0.717) is 48.4 Å². The summed E-state index contributed by atoms with van der Waals surface area (Å²) in [6.45, 7) is 1.43. The van der Waals surface area contributed by atoms with Crippen molar-refractivity contribution in [3.8, 4) is 16.2 Å². The Morgan fingerprint density at radius 2 is 1.61 bits per heavy atom. The average Bonchev–Trinajstić information content (AvgIpc) is 3.65. The number of thiophene rings is 1. The van der Waals surface area contributed by atoms with Gasteiger partial charge in [-0.1, -0.05) is 42.5 Å². The molecule has 3 aliphatic rings. The predicted octanol–water partition coefficient (Wildman–Crippen LogP) is 5.23. The number of rotatable bonds is 4. The fourth-order valence-corrected chi connectivity index (χ4v) is 6.04. The van der Waals surface area contributed by atoms with Crippen LogP contribution in [0.1, 0.15) is 20.7 Å². The van der Waals surface area contributed by atoms with E-state index in [4.69, 9.17) is 4.74 Å². The topological polar surface area (TPSA) is 82.7 Å². The number of nitrogens with one attached hydrogen (secondary N) is 1. The van der Waals surface area contributed by atoms with Gasteiger partial charge in [0.25, 0.3) is 17.6 Å². The van der Waals surface area contributed by atoms with Crippen molar-refractivity contribution in [2.75, 3.05) is 33.3 Å². The minimum atomic E-state index is -0.580. The average molecular weight is 524 g/mol. The number of hydrogen-bond donors (Lipinski definition) is 1. The van der Waals surface area contributed by atoms with Gasteiger partial charge in [0.15, 0.2) is 0 Å². The third kappa shape index (κ3) is 4.13. The van der Waals surface area contributed by atoms with Gasteiger partial charge in [-0.3, -0.25) is 14.4 Å². The van der Waals surface area contributed by atoms with Gasteiger partial charge in [0.1, 0.15) is 5.75 Å². The molecule has 3 aromatic carbocycles. The van der Waals surface area contributed by atoms with Crippen LogP contribution in [-0.4, -0.2) is 65.7 Å². The largest absolute Gasteiger partial charge is 0.496 e. The van der Waals surface area contributed by atoms with Gasteiger partial charge in [-0.2, -0.15) is 0 Å². The molecule has 0 radical (unpaired) electrons. The number of aromatic amines is 1. The van der Waals surface area contributed by atoms with Crippen molar-refractivity contribution in [3.05, 3.63) is 90.1 Å². The van der Waals surface area contributed by atoms with E-state index in [9.17, 15) is 14.4 Å². The number of piperazine rings is 1. The maximum absolute atomic E-state index is 12.9. The van der Waals surface area contributed by atoms with Crippen LogP contribution in [0.2, 0.25) is 0 Å². The highest BCUT2D eigenvalue weighted by Gasteiger charge is 2.30. The van der Waals surface area contributed by atoms with E-state index in [-0.39, 0.29) is 5.91 Å². The van der Waals surface area contributed by atoms with Gasteiger partial charge in [0, 0.05) is 58.6 Å². The van der Waals surface area contributed by atoms with E-state index in [1.165, 1.54) is 32.5 Å². The van der Waals surface area contributed by atoms with Crippen LogP contribution in [0.15, 0.2) is 79.0 Å². The lowest BCUT2D eigenvalue weighted by Gasteiger charge is -2.34. The van der Waals surface area contributed by atoms with Gasteiger partial charge in [-0.15, -0.1) is 11.3 Å². The number of aromatic nitrogens is 1. The fourth-order valence-electron chi connectivity index (χ4n) is 4.98. The van der Waals surface area contributed by atoms with Crippen molar-refractivity contribution < 1.29 is 19.1 Å². The Kier molecular flexibility index (Phi) is 6.17. The molecule has 7 nitrogen and oxygen atoms in total. The van der Waals surface area contributed by atoms with Gasteiger partial charge in [0.2, 0.25) is 0 Å². The van der Waals surface area contributed by atoms with Crippen LogP contribution in [-0.2, 0) is 4.79 Å². The van der Waals surface area contributed by atoms with Gasteiger partial charge < -0.3 is 19.5 Å². The molecule has 4 bridgehead atoms. The SMILES string of the molecule is COc1cccc2[nH]cc(C(=O)C(=O)N3CCN(C(=O)c4ccccc4)CC3)c12.c1cc2c3sc-2cc3c1. The summed E-state index contributed by atoms with van der Waals surface area (Å²) >= 11 is 1.91. The second-order valence-corrected chi connectivity index (χ2v) is 10.3.